The van der Waals surface area contributed by atoms with Crippen LogP contribution < -0.4 is 5.32 Å². The second kappa shape index (κ2) is 7.01. The van der Waals surface area contributed by atoms with Crippen LogP contribution in [0.5, 0.6) is 0 Å². The van der Waals surface area contributed by atoms with Gasteiger partial charge in [0.25, 0.3) is 0 Å². The van der Waals surface area contributed by atoms with Gasteiger partial charge in [-0.25, -0.2) is 4.39 Å². The van der Waals surface area contributed by atoms with E-state index in [0.717, 1.165) is 32.1 Å². The molecule has 1 saturated heterocycles. The minimum atomic E-state index is -0.157. The molecule has 1 aromatic rings. The van der Waals surface area contributed by atoms with Gasteiger partial charge >= 0.3 is 0 Å². The summed E-state index contributed by atoms with van der Waals surface area (Å²) >= 11 is 0. The van der Waals surface area contributed by atoms with Gasteiger partial charge in [-0.2, -0.15) is 0 Å². The van der Waals surface area contributed by atoms with E-state index >= 15 is 0 Å². The molecule has 0 bridgehead atoms. The molecule has 19 heavy (non-hydrogen) atoms. The topological polar surface area (TPSA) is 15.3 Å². The molecule has 0 radical (unpaired) electrons. The van der Waals surface area contributed by atoms with Crippen LogP contribution in [0.2, 0.25) is 0 Å². The number of nitrogens with zero attached hydrogens (tertiary/aromatic N) is 1. The molecule has 2 unspecified atom stereocenters. The summed E-state index contributed by atoms with van der Waals surface area (Å²) in [5, 5.41) is 3.47. The fourth-order valence-electron chi connectivity index (χ4n) is 2.92. The van der Waals surface area contributed by atoms with E-state index in [9.17, 15) is 4.39 Å². The van der Waals surface area contributed by atoms with Crippen LogP contribution in [0.4, 0.5) is 4.39 Å². The Morgan fingerprint density at radius 3 is 2.68 bits per heavy atom. The minimum absolute atomic E-state index is 0.157. The Kier molecular flexibility index (Phi) is 5.34. The molecule has 1 N–H and O–H groups in total. The first kappa shape index (κ1) is 14.5. The lowest BCUT2D eigenvalue weighted by Crippen LogP contribution is -2.39. The van der Waals surface area contributed by atoms with Crippen LogP contribution in [-0.2, 0) is 0 Å². The first-order chi connectivity index (χ1) is 9.20. The highest BCUT2D eigenvalue weighted by Crippen LogP contribution is 2.23. The molecule has 2 nitrogen and oxygen atoms in total. The Morgan fingerprint density at radius 1 is 1.37 bits per heavy atom. The molecule has 0 amide bonds. The number of nitrogens with one attached hydrogen (secondary N) is 1. The zero-order valence-electron chi connectivity index (χ0n) is 12.0. The molecule has 1 heterocycles. The summed E-state index contributed by atoms with van der Waals surface area (Å²) in [5.41, 5.74) is 1.20. The zero-order chi connectivity index (χ0) is 13.7. The number of piperidine rings is 1. The zero-order valence-corrected chi connectivity index (χ0v) is 12.0. The fraction of sp³-hybridized carbons (Fsp3) is 0.625. The summed E-state index contributed by atoms with van der Waals surface area (Å²) in [7, 11) is 0. The number of hydrogen-bond acceptors (Lipinski definition) is 2. The normalized spacial score (nSPS) is 21.6. The average molecular weight is 264 g/mol. The smallest absolute Gasteiger partial charge is 0.123 e. The van der Waals surface area contributed by atoms with E-state index in [4.69, 9.17) is 0 Å². The predicted octanol–water partition coefficient (Wildman–Crippen LogP) is 3.21. The summed E-state index contributed by atoms with van der Waals surface area (Å²) < 4.78 is 13.0. The van der Waals surface area contributed by atoms with Crippen molar-refractivity contribution in [3.63, 3.8) is 0 Å². The third kappa shape index (κ3) is 4.02. The van der Waals surface area contributed by atoms with Gasteiger partial charge in [-0.3, -0.25) is 4.90 Å². The van der Waals surface area contributed by atoms with E-state index in [2.05, 4.69) is 24.1 Å². The fourth-order valence-corrected chi connectivity index (χ4v) is 2.92. The van der Waals surface area contributed by atoms with Gasteiger partial charge in [0.15, 0.2) is 0 Å². The van der Waals surface area contributed by atoms with Crippen LogP contribution in [0, 0.1) is 11.7 Å². The van der Waals surface area contributed by atoms with Gasteiger partial charge in [0.2, 0.25) is 0 Å². The molecular weight excluding hydrogens is 239 g/mol. The van der Waals surface area contributed by atoms with Gasteiger partial charge in [0.05, 0.1) is 0 Å². The number of rotatable bonds is 5. The van der Waals surface area contributed by atoms with Crippen LogP contribution in [0.15, 0.2) is 24.3 Å². The molecular formula is C16H25FN2. The van der Waals surface area contributed by atoms with E-state index in [1.165, 1.54) is 18.4 Å². The largest absolute Gasteiger partial charge is 0.316 e. The second-order valence-electron chi connectivity index (χ2n) is 5.53. The highest BCUT2D eigenvalue weighted by molar-refractivity contribution is 5.19. The molecule has 1 aliphatic rings. The van der Waals surface area contributed by atoms with Crippen LogP contribution in [0.25, 0.3) is 0 Å². The van der Waals surface area contributed by atoms with E-state index in [-0.39, 0.29) is 5.82 Å². The summed E-state index contributed by atoms with van der Waals surface area (Å²) in [6, 6.07) is 7.28. The van der Waals surface area contributed by atoms with Crippen molar-refractivity contribution in [2.45, 2.75) is 32.7 Å². The second-order valence-corrected chi connectivity index (χ2v) is 5.53. The van der Waals surface area contributed by atoms with Crippen LogP contribution in [0.1, 0.15) is 38.3 Å². The number of benzene rings is 1. The lowest BCUT2D eigenvalue weighted by atomic mass is 9.97. The SMILES string of the molecule is CCN(CC1CCCNC1)C(C)c1ccc(F)cc1. The van der Waals surface area contributed by atoms with Gasteiger partial charge in [-0.05, 0) is 63.0 Å². The van der Waals surface area contributed by atoms with Crippen molar-refractivity contribution in [2.24, 2.45) is 5.92 Å². The van der Waals surface area contributed by atoms with E-state index in [1.54, 1.807) is 12.1 Å². The monoisotopic (exact) mass is 264 g/mol. The lowest BCUT2D eigenvalue weighted by Gasteiger charge is -2.33. The maximum atomic E-state index is 13.0. The van der Waals surface area contributed by atoms with Crippen LogP contribution in [0.3, 0.4) is 0 Å². The van der Waals surface area contributed by atoms with Gasteiger partial charge in [-0.15, -0.1) is 0 Å². The molecule has 2 atom stereocenters. The number of hydrogen-bond donors (Lipinski definition) is 1. The van der Waals surface area contributed by atoms with Gasteiger partial charge in [0.1, 0.15) is 5.82 Å². The van der Waals surface area contributed by atoms with Crippen molar-refractivity contribution in [3.05, 3.63) is 35.6 Å². The van der Waals surface area contributed by atoms with Crippen molar-refractivity contribution in [2.75, 3.05) is 26.2 Å². The van der Waals surface area contributed by atoms with Crippen molar-refractivity contribution in [1.29, 1.82) is 0 Å². The highest BCUT2D eigenvalue weighted by Gasteiger charge is 2.20. The predicted molar refractivity (Wildman–Crippen MR) is 77.7 cm³/mol. The summed E-state index contributed by atoms with van der Waals surface area (Å²) in [6.45, 7) is 8.88. The minimum Gasteiger partial charge on any atom is -0.316 e. The maximum Gasteiger partial charge on any atom is 0.123 e. The van der Waals surface area contributed by atoms with Crippen LogP contribution >= 0.6 is 0 Å². The molecule has 1 fully saturated rings. The summed E-state index contributed by atoms with van der Waals surface area (Å²) in [6.07, 6.45) is 2.60. The van der Waals surface area contributed by atoms with Gasteiger partial charge < -0.3 is 5.32 Å². The maximum absolute atomic E-state index is 13.0. The van der Waals surface area contributed by atoms with Gasteiger partial charge in [-0.1, -0.05) is 19.1 Å². The molecule has 1 aliphatic heterocycles. The van der Waals surface area contributed by atoms with Crippen molar-refractivity contribution < 1.29 is 4.39 Å². The van der Waals surface area contributed by atoms with Crippen LogP contribution in [-0.4, -0.2) is 31.1 Å². The van der Waals surface area contributed by atoms with Crippen molar-refractivity contribution in [1.82, 2.24) is 10.2 Å². The Hall–Kier alpha value is -0.930. The lowest BCUT2D eigenvalue weighted by molar-refractivity contribution is 0.171. The van der Waals surface area contributed by atoms with E-state index in [0.29, 0.717) is 6.04 Å². The molecule has 1 aromatic carbocycles. The summed E-state index contributed by atoms with van der Waals surface area (Å²) in [4.78, 5) is 2.49. The third-order valence-electron chi connectivity index (χ3n) is 4.20. The van der Waals surface area contributed by atoms with Crippen molar-refractivity contribution in [3.8, 4) is 0 Å². The molecule has 0 spiro atoms. The molecule has 0 aliphatic carbocycles. The Balaban J connectivity index is 1.97. The highest BCUT2D eigenvalue weighted by atomic mass is 19.1. The van der Waals surface area contributed by atoms with Crippen molar-refractivity contribution >= 4 is 0 Å². The standard InChI is InChI=1S/C16H25FN2/c1-3-19(12-14-5-4-10-18-11-14)13(2)15-6-8-16(17)9-7-15/h6-9,13-14,18H,3-5,10-12H2,1-2H3. The molecule has 3 heteroatoms. The van der Waals surface area contributed by atoms with Gasteiger partial charge in [0, 0.05) is 12.6 Å². The molecule has 2 rings (SSSR count). The third-order valence-corrected chi connectivity index (χ3v) is 4.20. The average Bonchev–Trinajstić information content (AvgIpc) is 2.46. The molecule has 0 aromatic heterocycles. The summed E-state index contributed by atoms with van der Waals surface area (Å²) in [5.74, 6) is 0.590. The molecule has 106 valence electrons. The first-order valence-electron chi connectivity index (χ1n) is 7.41. The Bertz CT molecular complexity index is 371. The quantitative estimate of drug-likeness (QED) is 0.878. The Labute approximate surface area is 116 Å². The first-order valence-corrected chi connectivity index (χ1v) is 7.41. The number of halogens is 1. The van der Waals surface area contributed by atoms with E-state index in [1.807, 2.05) is 12.1 Å². The van der Waals surface area contributed by atoms with E-state index < -0.39 is 0 Å². The Morgan fingerprint density at radius 2 is 2.11 bits per heavy atom. The molecule has 0 saturated carbocycles.